The van der Waals surface area contributed by atoms with Gasteiger partial charge >= 0.3 is 0 Å². The minimum absolute atomic E-state index is 0.366. The molecule has 1 N–H and O–H groups in total. The Morgan fingerprint density at radius 3 is 2.81 bits per heavy atom. The van der Waals surface area contributed by atoms with Crippen LogP contribution in [0.5, 0.6) is 0 Å². The van der Waals surface area contributed by atoms with E-state index in [1.807, 2.05) is 0 Å². The van der Waals surface area contributed by atoms with Crippen LogP contribution in [-0.2, 0) is 6.42 Å². The van der Waals surface area contributed by atoms with Gasteiger partial charge in [-0.1, -0.05) is 31.9 Å². The molecule has 2 nitrogen and oxygen atoms in total. The van der Waals surface area contributed by atoms with Crippen molar-refractivity contribution in [3.63, 3.8) is 0 Å². The number of aromatic nitrogens is 1. The van der Waals surface area contributed by atoms with Gasteiger partial charge in [0, 0.05) is 21.6 Å². The molecule has 0 saturated heterocycles. The number of fused-ring (bicyclic) bond motifs is 1. The molecule has 0 bridgehead atoms. The van der Waals surface area contributed by atoms with Crippen molar-refractivity contribution in [2.45, 2.75) is 11.4 Å². The quantitative estimate of drug-likeness (QED) is 0.663. The van der Waals surface area contributed by atoms with Gasteiger partial charge in [0.15, 0.2) is 0 Å². The maximum absolute atomic E-state index is 3.67. The van der Waals surface area contributed by atoms with Crippen LogP contribution in [0.3, 0.4) is 0 Å². The van der Waals surface area contributed by atoms with Gasteiger partial charge in [-0.3, -0.25) is 4.90 Å². The molecule has 0 aliphatic rings. The van der Waals surface area contributed by atoms with E-state index in [4.69, 9.17) is 0 Å². The molecule has 2 rings (SSSR count). The molecule has 0 spiro atoms. The summed E-state index contributed by atoms with van der Waals surface area (Å²) in [5.74, 6) is 0. The standard InChI is InChI=1S/C12H14Br2N2/c1-16(2)12(14)5-8-7-15-11-4-3-9(13)6-10(8)11/h3-4,6-7,12,15H,5H2,1-2H3. The van der Waals surface area contributed by atoms with E-state index in [0.717, 1.165) is 10.9 Å². The van der Waals surface area contributed by atoms with Crippen LogP contribution in [-0.4, -0.2) is 28.9 Å². The van der Waals surface area contributed by atoms with Crippen LogP contribution in [0.1, 0.15) is 5.56 Å². The Bertz CT molecular complexity index is 491. The highest BCUT2D eigenvalue weighted by atomic mass is 79.9. The third-order valence-corrected chi connectivity index (χ3v) is 4.31. The molecule has 1 aromatic heterocycles. The number of nitrogens with one attached hydrogen (secondary N) is 1. The smallest absolute Gasteiger partial charge is 0.0692 e. The lowest BCUT2D eigenvalue weighted by Crippen LogP contribution is -2.23. The van der Waals surface area contributed by atoms with E-state index >= 15 is 0 Å². The number of rotatable bonds is 3. The largest absolute Gasteiger partial charge is 0.361 e. The minimum atomic E-state index is 0.366. The number of hydrogen-bond donors (Lipinski definition) is 1. The molecule has 4 heteroatoms. The van der Waals surface area contributed by atoms with Gasteiger partial charge in [0.2, 0.25) is 0 Å². The van der Waals surface area contributed by atoms with Crippen molar-refractivity contribution in [2.75, 3.05) is 14.1 Å². The average Bonchev–Trinajstić information content (AvgIpc) is 2.61. The second-order valence-corrected chi connectivity index (χ2v) is 6.08. The van der Waals surface area contributed by atoms with E-state index in [0.29, 0.717) is 4.95 Å². The monoisotopic (exact) mass is 344 g/mol. The van der Waals surface area contributed by atoms with Gasteiger partial charge in [-0.25, -0.2) is 0 Å². The van der Waals surface area contributed by atoms with Crippen LogP contribution in [0, 0.1) is 0 Å². The van der Waals surface area contributed by atoms with Gasteiger partial charge in [0.1, 0.15) is 0 Å². The van der Waals surface area contributed by atoms with Gasteiger partial charge in [-0.05, 0) is 44.3 Å². The Labute approximate surface area is 112 Å². The van der Waals surface area contributed by atoms with E-state index in [1.54, 1.807) is 0 Å². The Balaban J connectivity index is 2.34. The SMILES string of the molecule is CN(C)C(Br)Cc1c[nH]c2ccc(Br)cc12. The second-order valence-electron chi connectivity index (χ2n) is 4.11. The van der Waals surface area contributed by atoms with Crippen molar-refractivity contribution in [3.8, 4) is 0 Å². The summed E-state index contributed by atoms with van der Waals surface area (Å²) in [6.45, 7) is 0. The number of aromatic amines is 1. The normalized spacial score (nSPS) is 13.6. The summed E-state index contributed by atoms with van der Waals surface area (Å²) in [5, 5.41) is 1.29. The molecule has 0 aliphatic carbocycles. The van der Waals surface area contributed by atoms with E-state index in [2.05, 4.69) is 80.2 Å². The first-order valence-corrected chi connectivity index (χ1v) is 6.85. The summed E-state index contributed by atoms with van der Waals surface area (Å²) in [6.07, 6.45) is 3.08. The number of likely N-dealkylation sites (N-methyl/N-ethyl adjacent to an activating group) is 1. The summed E-state index contributed by atoms with van der Waals surface area (Å²) in [7, 11) is 4.15. The van der Waals surface area contributed by atoms with Crippen LogP contribution in [0.2, 0.25) is 0 Å². The van der Waals surface area contributed by atoms with Crippen LogP contribution < -0.4 is 0 Å². The van der Waals surface area contributed by atoms with Gasteiger partial charge in [0.25, 0.3) is 0 Å². The Hall–Kier alpha value is -0.320. The third-order valence-electron chi connectivity index (χ3n) is 2.68. The predicted molar refractivity (Wildman–Crippen MR) is 76.1 cm³/mol. The number of alkyl halides is 1. The summed E-state index contributed by atoms with van der Waals surface area (Å²) in [6, 6.07) is 6.32. The first kappa shape index (κ1) is 12.1. The number of nitrogens with zero attached hydrogens (tertiary/aromatic N) is 1. The molecule has 2 aromatic rings. The number of benzene rings is 1. The Morgan fingerprint density at radius 2 is 2.12 bits per heavy atom. The summed E-state index contributed by atoms with van der Waals surface area (Å²) in [5.41, 5.74) is 2.53. The molecule has 0 aliphatic heterocycles. The van der Waals surface area contributed by atoms with Gasteiger partial charge in [-0.2, -0.15) is 0 Å². The van der Waals surface area contributed by atoms with E-state index < -0.39 is 0 Å². The predicted octanol–water partition coefficient (Wildman–Crippen LogP) is 3.76. The second kappa shape index (κ2) is 4.90. The summed E-state index contributed by atoms with van der Waals surface area (Å²) >= 11 is 7.18. The van der Waals surface area contributed by atoms with E-state index in [9.17, 15) is 0 Å². The number of H-pyrrole nitrogens is 1. The molecule has 1 aromatic carbocycles. The Morgan fingerprint density at radius 1 is 1.38 bits per heavy atom. The highest BCUT2D eigenvalue weighted by Gasteiger charge is 2.11. The fraction of sp³-hybridized carbons (Fsp3) is 0.333. The molecule has 0 saturated carbocycles. The minimum Gasteiger partial charge on any atom is -0.361 e. The molecule has 1 atom stereocenters. The molecule has 1 heterocycles. The first-order valence-electron chi connectivity index (χ1n) is 5.14. The molecule has 0 amide bonds. The number of halogens is 2. The van der Waals surface area contributed by atoms with Crippen LogP contribution >= 0.6 is 31.9 Å². The average molecular weight is 346 g/mol. The zero-order chi connectivity index (χ0) is 11.7. The molecule has 86 valence electrons. The molecule has 0 fully saturated rings. The van der Waals surface area contributed by atoms with Crippen LogP contribution in [0.15, 0.2) is 28.9 Å². The van der Waals surface area contributed by atoms with Crippen molar-refractivity contribution in [3.05, 3.63) is 34.4 Å². The van der Waals surface area contributed by atoms with Crippen molar-refractivity contribution >= 4 is 42.8 Å². The summed E-state index contributed by atoms with van der Waals surface area (Å²) in [4.78, 5) is 5.83. The Kier molecular flexibility index (Phi) is 3.72. The number of hydrogen-bond acceptors (Lipinski definition) is 1. The fourth-order valence-electron chi connectivity index (χ4n) is 1.68. The molecule has 0 radical (unpaired) electrons. The van der Waals surface area contributed by atoms with Crippen molar-refractivity contribution in [1.82, 2.24) is 9.88 Å². The topological polar surface area (TPSA) is 19.0 Å². The third kappa shape index (κ3) is 2.50. The molecule has 1 unspecified atom stereocenters. The first-order chi connectivity index (χ1) is 7.58. The van der Waals surface area contributed by atoms with Gasteiger partial charge in [-0.15, -0.1) is 0 Å². The van der Waals surface area contributed by atoms with Gasteiger partial charge in [0.05, 0.1) is 4.95 Å². The van der Waals surface area contributed by atoms with Crippen molar-refractivity contribution in [1.29, 1.82) is 0 Å². The zero-order valence-electron chi connectivity index (χ0n) is 9.30. The molecular weight excluding hydrogens is 332 g/mol. The fourth-order valence-corrected chi connectivity index (χ4v) is 2.39. The maximum atomic E-state index is 3.67. The van der Waals surface area contributed by atoms with Gasteiger partial charge < -0.3 is 4.98 Å². The lowest BCUT2D eigenvalue weighted by Gasteiger charge is -2.17. The van der Waals surface area contributed by atoms with Crippen LogP contribution in [0.25, 0.3) is 10.9 Å². The zero-order valence-corrected chi connectivity index (χ0v) is 12.5. The lowest BCUT2D eigenvalue weighted by molar-refractivity contribution is 0.388. The van der Waals surface area contributed by atoms with E-state index in [-0.39, 0.29) is 0 Å². The van der Waals surface area contributed by atoms with Crippen LogP contribution in [0.4, 0.5) is 0 Å². The van der Waals surface area contributed by atoms with E-state index in [1.165, 1.54) is 16.5 Å². The summed E-state index contributed by atoms with van der Waals surface area (Å²) < 4.78 is 1.12. The highest BCUT2D eigenvalue weighted by molar-refractivity contribution is 9.10. The lowest BCUT2D eigenvalue weighted by atomic mass is 10.1. The maximum Gasteiger partial charge on any atom is 0.0692 e. The van der Waals surface area contributed by atoms with Crippen molar-refractivity contribution < 1.29 is 0 Å². The molecular formula is C12H14Br2N2. The highest BCUT2D eigenvalue weighted by Crippen LogP contribution is 2.25. The van der Waals surface area contributed by atoms with Crippen molar-refractivity contribution in [2.24, 2.45) is 0 Å². The molecule has 16 heavy (non-hydrogen) atoms.